The van der Waals surface area contributed by atoms with E-state index in [1.54, 1.807) is 18.6 Å². The molecule has 5 rings (SSSR count). The van der Waals surface area contributed by atoms with E-state index >= 15 is 0 Å². The average molecular weight is 513 g/mol. The molecule has 202 valence electrons. The van der Waals surface area contributed by atoms with Crippen LogP contribution >= 0.6 is 0 Å². The Morgan fingerprint density at radius 2 is 1.62 bits per heavy atom. The van der Waals surface area contributed by atoms with E-state index in [1.807, 2.05) is 6.07 Å². The van der Waals surface area contributed by atoms with E-state index < -0.39 is 23.0 Å². The Balaban J connectivity index is 1.63. The summed E-state index contributed by atoms with van der Waals surface area (Å²) in [6.45, 7) is 14.0. The Hall–Kier alpha value is -2.57. The summed E-state index contributed by atoms with van der Waals surface area (Å²) in [5.41, 5.74) is 0.489. The van der Waals surface area contributed by atoms with E-state index in [2.05, 4.69) is 34.6 Å². The van der Waals surface area contributed by atoms with Crippen LogP contribution in [-0.4, -0.2) is 30.1 Å². The summed E-state index contributed by atoms with van der Waals surface area (Å²) in [6.07, 6.45) is 7.98. The van der Waals surface area contributed by atoms with E-state index in [4.69, 9.17) is 18.6 Å². The molecule has 8 atom stereocenters. The summed E-state index contributed by atoms with van der Waals surface area (Å²) in [7, 11) is 0. The quantitative estimate of drug-likeness (QED) is 0.366. The molecule has 0 aromatic carbocycles. The zero-order valence-electron chi connectivity index (χ0n) is 23.1. The van der Waals surface area contributed by atoms with Gasteiger partial charge in [0.1, 0.15) is 18.3 Å². The fourth-order valence-electron chi connectivity index (χ4n) is 9.24. The van der Waals surface area contributed by atoms with Crippen LogP contribution in [0.25, 0.3) is 0 Å². The Bertz CT molecular complexity index is 1130. The van der Waals surface area contributed by atoms with Crippen molar-refractivity contribution in [1.29, 1.82) is 0 Å². The number of cyclic esters (lactones) is 1. The Kier molecular flexibility index (Phi) is 5.96. The van der Waals surface area contributed by atoms with Crippen LogP contribution in [0.4, 0.5) is 0 Å². The van der Waals surface area contributed by atoms with Crippen molar-refractivity contribution in [2.45, 2.75) is 98.9 Å². The maximum Gasteiger partial charge on any atom is 0.331 e. The predicted octanol–water partition coefficient (Wildman–Crippen LogP) is 5.94. The van der Waals surface area contributed by atoms with Gasteiger partial charge in [-0.05, 0) is 61.0 Å². The molecule has 0 bridgehead atoms. The fraction of sp³-hybridized carbons (Fsp3) is 0.700. The molecule has 3 fully saturated rings. The molecule has 0 saturated heterocycles. The molecule has 0 unspecified atom stereocenters. The van der Waals surface area contributed by atoms with Gasteiger partial charge in [0.05, 0.1) is 12.5 Å². The van der Waals surface area contributed by atoms with Gasteiger partial charge in [0.2, 0.25) is 0 Å². The van der Waals surface area contributed by atoms with Gasteiger partial charge in [-0.2, -0.15) is 0 Å². The number of hydrogen-bond donors (Lipinski definition) is 0. The molecule has 1 aliphatic heterocycles. The van der Waals surface area contributed by atoms with E-state index in [0.717, 1.165) is 36.8 Å². The number of rotatable bonds is 3. The van der Waals surface area contributed by atoms with Crippen LogP contribution in [0.2, 0.25) is 0 Å². The van der Waals surface area contributed by atoms with Crippen molar-refractivity contribution in [2.24, 2.45) is 33.5 Å². The molecule has 37 heavy (non-hydrogen) atoms. The zero-order valence-corrected chi connectivity index (χ0v) is 23.1. The second-order valence-electron chi connectivity index (χ2n) is 13.1. The lowest BCUT2D eigenvalue weighted by atomic mass is 9.36. The summed E-state index contributed by atoms with van der Waals surface area (Å²) in [4.78, 5) is 37.4. The Morgan fingerprint density at radius 3 is 2.24 bits per heavy atom. The van der Waals surface area contributed by atoms with Gasteiger partial charge in [-0.3, -0.25) is 9.59 Å². The fourth-order valence-corrected chi connectivity index (χ4v) is 9.24. The highest BCUT2D eigenvalue weighted by Crippen LogP contribution is 2.73. The third kappa shape index (κ3) is 3.70. The van der Waals surface area contributed by atoms with Gasteiger partial charge in [0.15, 0.2) is 0 Å². The minimum absolute atomic E-state index is 0.0831. The smallest absolute Gasteiger partial charge is 0.331 e. The van der Waals surface area contributed by atoms with Crippen LogP contribution in [0.1, 0.15) is 92.2 Å². The van der Waals surface area contributed by atoms with Gasteiger partial charge in [-0.15, -0.1) is 0 Å². The Labute approximate surface area is 219 Å². The standard InChI is InChI=1S/C30H40O7/c1-17(31)35-23-9-12-28(5)20-8-11-29(6)22(15-25(33)37-26(29)19-10-13-34-16-19)30(20,7)24(36-18(2)32)14-21(28)27(23,3)4/h10,13,15-16,20-21,23-24,26H,8-9,11-12,14H2,1-7H3/t20-,21+,23-,24-,26+,28+,29+,30-/m1/s1. The molecule has 3 saturated carbocycles. The highest BCUT2D eigenvalue weighted by molar-refractivity contribution is 5.85. The van der Waals surface area contributed by atoms with E-state index in [-0.39, 0.29) is 46.7 Å². The number of ether oxygens (including phenoxy) is 3. The maximum absolute atomic E-state index is 13.0. The number of carbonyl (C=O) groups is 3. The van der Waals surface area contributed by atoms with E-state index in [1.165, 1.54) is 13.8 Å². The van der Waals surface area contributed by atoms with Crippen LogP contribution < -0.4 is 0 Å². The molecule has 7 heteroatoms. The molecule has 3 aliphatic carbocycles. The van der Waals surface area contributed by atoms with Crippen LogP contribution in [0.5, 0.6) is 0 Å². The van der Waals surface area contributed by atoms with Gasteiger partial charge in [-0.1, -0.05) is 34.6 Å². The number of hydrogen-bond acceptors (Lipinski definition) is 7. The summed E-state index contributed by atoms with van der Waals surface area (Å²) < 4.78 is 23.3. The monoisotopic (exact) mass is 512 g/mol. The van der Waals surface area contributed by atoms with Crippen molar-refractivity contribution in [3.8, 4) is 0 Å². The summed E-state index contributed by atoms with van der Waals surface area (Å²) in [6, 6.07) is 1.86. The number of fused-ring (bicyclic) bond motifs is 5. The van der Waals surface area contributed by atoms with Crippen molar-refractivity contribution < 1.29 is 33.0 Å². The lowest BCUT2D eigenvalue weighted by molar-refractivity contribution is -0.230. The highest BCUT2D eigenvalue weighted by atomic mass is 16.6. The first kappa shape index (κ1) is 26.1. The molecular formula is C30H40O7. The molecule has 0 spiro atoms. The van der Waals surface area contributed by atoms with Crippen molar-refractivity contribution in [1.82, 2.24) is 0 Å². The number of esters is 3. The SMILES string of the molecule is CC(=O)O[C@@H]1CC[C@@]2(C)[C@H]3CC[C@@]4(C)C(=CC(=O)O[C@H]4c4ccoc4)[C@]3(C)[C@H](OC(C)=O)C[C@H]2C1(C)C. The zero-order chi connectivity index (χ0) is 27.0. The summed E-state index contributed by atoms with van der Waals surface area (Å²) in [5.74, 6) is -0.602. The Morgan fingerprint density at radius 1 is 0.946 bits per heavy atom. The van der Waals surface area contributed by atoms with Crippen LogP contribution in [0.3, 0.4) is 0 Å². The van der Waals surface area contributed by atoms with Gasteiger partial charge in [0.25, 0.3) is 0 Å². The first-order valence-corrected chi connectivity index (χ1v) is 13.5. The van der Waals surface area contributed by atoms with E-state index in [0.29, 0.717) is 6.42 Å². The highest BCUT2D eigenvalue weighted by Gasteiger charge is 2.70. The predicted molar refractivity (Wildman–Crippen MR) is 135 cm³/mol. The molecule has 0 radical (unpaired) electrons. The molecular weight excluding hydrogens is 472 g/mol. The molecule has 0 N–H and O–H groups in total. The minimum Gasteiger partial charge on any atom is -0.472 e. The average Bonchev–Trinajstić information content (AvgIpc) is 3.32. The summed E-state index contributed by atoms with van der Waals surface area (Å²) in [5, 5.41) is 0. The van der Waals surface area contributed by atoms with Crippen molar-refractivity contribution in [3.05, 3.63) is 35.8 Å². The van der Waals surface area contributed by atoms with Gasteiger partial charge >= 0.3 is 17.9 Å². The first-order valence-electron chi connectivity index (χ1n) is 13.5. The van der Waals surface area contributed by atoms with Gasteiger partial charge in [0, 0.05) is 41.7 Å². The largest absolute Gasteiger partial charge is 0.472 e. The molecule has 1 aromatic rings. The molecule has 2 heterocycles. The first-order chi connectivity index (χ1) is 17.2. The third-order valence-electron chi connectivity index (χ3n) is 10.8. The lowest BCUT2D eigenvalue weighted by Crippen LogP contribution is -2.67. The maximum atomic E-state index is 13.0. The molecule has 0 amide bonds. The lowest BCUT2D eigenvalue weighted by Gasteiger charge is -2.69. The second-order valence-corrected chi connectivity index (χ2v) is 13.1. The molecule has 1 aromatic heterocycles. The van der Waals surface area contributed by atoms with Gasteiger partial charge in [-0.25, -0.2) is 4.79 Å². The third-order valence-corrected chi connectivity index (χ3v) is 10.8. The second kappa shape index (κ2) is 8.47. The summed E-state index contributed by atoms with van der Waals surface area (Å²) >= 11 is 0. The minimum atomic E-state index is -0.546. The van der Waals surface area contributed by atoms with Gasteiger partial charge < -0.3 is 18.6 Å². The number of carbonyl (C=O) groups excluding carboxylic acids is 3. The van der Waals surface area contributed by atoms with Crippen LogP contribution in [-0.2, 0) is 28.6 Å². The molecule has 7 nitrogen and oxygen atoms in total. The normalized spacial score (nSPS) is 42.3. The van der Waals surface area contributed by atoms with Crippen molar-refractivity contribution in [2.75, 3.05) is 0 Å². The topological polar surface area (TPSA) is 92.0 Å². The van der Waals surface area contributed by atoms with Crippen LogP contribution in [0, 0.1) is 33.5 Å². The van der Waals surface area contributed by atoms with E-state index in [9.17, 15) is 14.4 Å². The van der Waals surface area contributed by atoms with Crippen LogP contribution in [0.15, 0.2) is 34.7 Å². The van der Waals surface area contributed by atoms with Crippen molar-refractivity contribution in [3.63, 3.8) is 0 Å². The number of furan rings is 1. The molecule has 4 aliphatic rings. The van der Waals surface area contributed by atoms with Crippen molar-refractivity contribution >= 4 is 17.9 Å².